The smallest absolute Gasteiger partial charge is 0.311 e. The van der Waals surface area contributed by atoms with Crippen molar-refractivity contribution in [2.75, 3.05) is 20.8 Å². The maximum atomic E-state index is 13.4. The quantitative estimate of drug-likeness (QED) is 0.807. The van der Waals surface area contributed by atoms with Crippen molar-refractivity contribution < 1.29 is 24.2 Å². The molecule has 6 heteroatoms. The molecule has 1 saturated carbocycles. The van der Waals surface area contributed by atoms with Gasteiger partial charge in [-0.05, 0) is 61.8 Å². The molecule has 0 radical (unpaired) electrons. The molecule has 3 aliphatic rings. The van der Waals surface area contributed by atoms with Crippen molar-refractivity contribution in [1.29, 1.82) is 0 Å². The number of nitrogens with zero attached hydrogens (tertiary/aromatic N) is 1. The number of ether oxygens (including phenoxy) is 2. The van der Waals surface area contributed by atoms with E-state index in [1.54, 1.807) is 19.2 Å². The van der Waals surface area contributed by atoms with Crippen LogP contribution >= 0.6 is 0 Å². The SMILES string of the molecule is COC(=O)C1CN(C(=O)C2CCC(OC)CC2)C2Cc3ccc(O)cc3C1C2. The van der Waals surface area contributed by atoms with E-state index in [0.29, 0.717) is 6.54 Å². The number of likely N-dealkylation sites (tertiary alicyclic amines) is 1. The minimum Gasteiger partial charge on any atom is -0.508 e. The Labute approximate surface area is 165 Å². The summed E-state index contributed by atoms with van der Waals surface area (Å²) in [6.07, 6.45) is 5.29. The zero-order chi connectivity index (χ0) is 19.8. The van der Waals surface area contributed by atoms with Gasteiger partial charge < -0.3 is 19.5 Å². The van der Waals surface area contributed by atoms with Gasteiger partial charge in [0.25, 0.3) is 0 Å². The lowest BCUT2D eigenvalue weighted by atomic mass is 9.69. The zero-order valence-electron chi connectivity index (χ0n) is 16.6. The van der Waals surface area contributed by atoms with Crippen LogP contribution in [0.15, 0.2) is 18.2 Å². The number of rotatable bonds is 3. The first kappa shape index (κ1) is 19.2. The summed E-state index contributed by atoms with van der Waals surface area (Å²) >= 11 is 0. The van der Waals surface area contributed by atoms with Gasteiger partial charge in [-0.1, -0.05) is 6.07 Å². The van der Waals surface area contributed by atoms with E-state index < -0.39 is 0 Å². The Morgan fingerprint density at radius 1 is 1.14 bits per heavy atom. The van der Waals surface area contributed by atoms with Crippen LogP contribution in [0, 0.1) is 11.8 Å². The maximum absolute atomic E-state index is 13.4. The van der Waals surface area contributed by atoms with E-state index in [0.717, 1.165) is 49.7 Å². The molecule has 3 atom stereocenters. The number of fused-ring (bicyclic) bond motifs is 4. The van der Waals surface area contributed by atoms with Crippen LogP contribution in [0.2, 0.25) is 0 Å². The molecule has 4 rings (SSSR count). The molecular formula is C22H29NO5. The summed E-state index contributed by atoms with van der Waals surface area (Å²) in [6, 6.07) is 5.49. The number of aromatic hydroxyl groups is 1. The summed E-state index contributed by atoms with van der Waals surface area (Å²) < 4.78 is 10.5. The standard InChI is InChI=1S/C22H29NO5/c1-27-17-7-4-13(5-8-17)21(25)23-12-20(22(26)28-2)19-10-15(23)9-14-3-6-16(24)11-18(14)19/h3,6,11,13,15,17,19-20,24H,4-5,7-10,12H2,1-2H3. The Kier molecular flexibility index (Phi) is 5.32. The third-order valence-electron chi connectivity index (χ3n) is 6.97. The van der Waals surface area contributed by atoms with Crippen LogP contribution in [0.5, 0.6) is 5.75 Å². The molecule has 3 unspecified atom stereocenters. The van der Waals surface area contributed by atoms with Gasteiger partial charge >= 0.3 is 5.97 Å². The Morgan fingerprint density at radius 2 is 1.89 bits per heavy atom. The van der Waals surface area contributed by atoms with E-state index in [4.69, 9.17) is 9.47 Å². The highest BCUT2D eigenvalue weighted by Crippen LogP contribution is 2.45. The highest BCUT2D eigenvalue weighted by atomic mass is 16.5. The van der Waals surface area contributed by atoms with Crippen molar-refractivity contribution >= 4 is 11.9 Å². The van der Waals surface area contributed by atoms with Gasteiger partial charge in [0.2, 0.25) is 5.91 Å². The van der Waals surface area contributed by atoms with Gasteiger partial charge in [0.05, 0.1) is 19.1 Å². The summed E-state index contributed by atoms with van der Waals surface area (Å²) in [5.74, 6) is -0.269. The fraction of sp³-hybridized carbons (Fsp3) is 0.636. The second kappa shape index (κ2) is 7.74. The summed E-state index contributed by atoms with van der Waals surface area (Å²) in [5, 5.41) is 9.93. The molecule has 1 aromatic carbocycles. The average Bonchev–Trinajstić information content (AvgIpc) is 2.73. The molecule has 0 spiro atoms. The largest absolute Gasteiger partial charge is 0.508 e. The number of piperidine rings is 1. The van der Waals surface area contributed by atoms with Crippen molar-refractivity contribution in [3.8, 4) is 5.75 Å². The molecule has 1 amide bonds. The van der Waals surface area contributed by atoms with E-state index in [2.05, 4.69) is 0 Å². The van der Waals surface area contributed by atoms with Gasteiger partial charge in [-0.15, -0.1) is 0 Å². The number of esters is 1. The van der Waals surface area contributed by atoms with Crippen molar-refractivity contribution in [2.24, 2.45) is 11.8 Å². The molecule has 1 aromatic rings. The Balaban J connectivity index is 1.59. The number of phenols is 1. The van der Waals surface area contributed by atoms with Crippen LogP contribution in [0.3, 0.4) is 0 Å². The minimum absolute atomic E-state index is 0.0124. The number of hydrogen-bond acceptors (Lipinski definition) is 5. The predicted octanol–water partition coefficient (Wildman–Crippen LogP) is 2.63. The molecule has 1 saturated heterocycles. The number of hydrogen-bond donors (Lipinski definition) is 1. The van der Waals surface area contributed by atoms with Crippen LogP contribution in [-0.4, -0.2) is 54.8 Å². The van der Waals surface area contributed by atoms with Crippen molar-refractivity contribution in [1.82, 2.24) is 4.90 Å². The van der Waals surface area contributed by atoms with Crippen molar-refractivity contribution in [3.63, 3.8) is 0 Å². The van der Waals surface area contributed by atoms with Crippen LogP contribution < -0.4 is 0 Å². The number of benzene rings is 1. The van der Waals surface area contributed by atoms with Gasteiger partial charge in [-0.3, -0.25) is 9.59 Å². The Bertz CT molecular complexity index is 755. The molecule has 2 fully saturated rings. The zero-order valence-corrected chi connectivity index (χ0v) is 16.6. The topological polar surface area (TPSA) is 76.1 Å². The molecular weight excluding hydrogens is 358 g/mol. The fourth-order valence-electron chi connectivity index (χ4n) is 5.42. The van der Waals surface area contributed by atoms with Crippen LogP contribution in [0.1, 0.15) is 49.1 Å². The monoisotopic (exact) mass is 387 g/mol. The first-order chi connectivity index (χ1) is 13.5. The van der Waals surface area contributed by atoms with E-state index in [1.165, 1.54) is 7.11 Å². The summed E-state index contributed by atoms with van der Waals surface area (Å²) in [6.45, 7) is 0.403. The fourth-order valence-corrected chi connectivity index (χ4v) is 5.42. The molecule has 1 heterocycles. The number of phenolic OH excluding ortho intramolecular Hbond substituents is 1. The summed E-state index contributed by atoms with van der Waals surface area (Å²) in [5.41, 5.74) is 2.15. The number of carbonyl (C=O) groups is 2. The summed E-state index contributed by atoms with van der Waals surface area (Å²) in [7, 11) is 3.13. The number of amides is 1. The van der Waals surface area contributed by atoms with E-state index >= 15 is 0 Å². The van der Waals surface area contributed by atoms with Crippen molar-refractivity contribution in [3.05, 3.63) is 29.3 Å². The van der Waals surface area contributed by atoms with Crippen molar-refractivity contribution in [2.45, 2.75) is 56.6 Å². The van der Waals surface area contributed by atoms with Gasteiger partial charge in [0.15, 0.2) is 0 Å². The maximum Gasteiger partial charge on any atom is 0.311 e. The van der Waals surface area contributed by atoms with E-state index in [1.807, 2.05) is 11.0 Å². The molecule has 1 N–H and O–H groups in total. The molecule has 28 heavy (non-hydrogen) atoms. The third-order valence-corrected chi connectivity index (χ3v) is 6.97. The van der Waals surface area contributed by atoms with E-state index in [-0.39, 0.29) is 47.5 Å². The molecule has 2 bridgehead atoms. The second-order valence-corrected chi connectivity index (χ2v) is 8.41. The Hall–Kier alpha value is -2.08. The lowest BCUT2D eigenvalue weighted by Gasteiger charge is -2.48. The van der Waals surface area contributed by atoms with Crippen LogP contribution in [-0.2, 0) is 25.5 Å². The normalized spacial score (nSPS) is 31.8. The van der Waals surface area contributed by atoms with Gasteiger partial charge in [-0.2, -0.15) is 0 Å². The molecule has 0 aromatic heterocycles. The first-order valence-electron chi connectivity index (χ1n) is 10.2. The minimum atomic E-state index is -0.388. The van der Waals surface area contributed by atoms with Gasteiger partial charge in [0, 0.05) is 31.5 Å². The number of carbonyl (C=O) groups excluding carboxylic acids is 2. The average molecular weight is 387 g/mol. The van der Waals surface area contributed by atoms with Crippen LogP contribution in [0.4, 0.5) is 0 Å². The van der Waals surface area contributed by atoms with Gasteiger partial charge in [-0.25, -0.2) is 0 Å². The second-order valence-electron chi connectivity index (χ2n) is 8.41. The molecule has 2 aliphatic carbocycles. The molecule has 1 aliphatic heterocycles. The third kappa shape index (κ3) is 3.39. The first-order valence-corrected chi connectivity index (χ1v) is 10.2. The highest BCUT2D eigenvalue weighted by Gasteiger charge is 2.47. The summed E-state index contributed by atoms with van der Waals surface area (Å²) in [4.78, 5) is 27.9. The van der Waals surface area contributed by atoms with Crippen LogP contribution in [0.25, 0.3) is 0 Å². The lowest BCUT2D eigenvalue weighted by Crippen LogP contribution is -2.56. The van der Waals surface area contributed by atoms with E-state index in [9.17, 15) is 14.7 Å². The molecule has 6 nitrogen and oxygen atoms in total. The number of methoxy groups -OCH3 is 2. The molecule has 152 valence electrons. The lowest BCUT2D eigenvalue weighted by molar-refractivity contribution is -0.153. The highest BCUT2D eigenvalue weighted by molar-refractivity contribution is 5.82. The predicted molar refractivity (Wildman–Crippen MR) is 103 cm³/mol. The van der Waals surface area contributed by atoms with Gasteiger partial charge in [0.1, 0.15) is 5.75 Å². The Morgan fingerprint density at radius 3 is 2.57 bits per heavy atom.